The third-order valence-electron chi connectivity index (χ3n) is 2.39. The Labute approximate surface area is 93.1 Å². The van der Waals surface area contributed by atoms with Crippen LogP contribution in [0.15, 0.2) is 12.4 Å². The van der Waals surface area contributed by atoms with Gasteiger partial charge in [0.15, 0.2) is 11.5 Å². The van der Waals surface area contributed by atoms with Crippen molar-refractivity contribution in [3.63, 3.8) is 0 Å². The van der Waals surface area contributed by atoms with E-state index in [0.717, 1.165) is 6.54 Å². The number of nitrogens with one attached hydrogen (secondary N) is 1. The highest BCUT2D eigenvalue weighted by Crippen LogP contribution is 2.23. The Morgan fingerprint density at radius 1 is 1.53 bits per heavy atom. The summed E-state index contributed by atoms with van der Waals surface area (Å²) >= 11 is 1.99. The van der Waals surface area contributed by atoms with Gasteiger partial charge in [0.1, 0.15) is 6.07 Å². The van der Waals surface area contributed by atoms with Crippen molar-refractivity contribution in [1.82, 2.24) is 9.97 Å². The minimum absolute atomic E-state index is 0.378. The molecule has 1 aliphatic heterocycles. The lowest BCUT2D eigenvalue weighted by atomic mass is 10.1. The largest absolute Gasteiger partial charge is 0.367 e. The molecule has 4 nitrogen and oxygen atoms in total. The summed E-state index contributed by atoms with van der Waals surface area (Å²) in [5, 5.41) is 12.0. The molecule has 0 aromatic carbocycles. The van der Waals surface area contributed by atoms with Gasteiger partial charge in [-0.2, -0.15) is 17.0 Å². The van der Waals surface area contributed by atoms with Crippen molar-refractivity contribution in [3.8, 4) is 6.07 Å². The number of thioether (sulfide) groups is 1. The van der Waals surface area contributed by atoms with Crippen LogP contribution in [0.4, 0.5) is 5.82 Å². The Kier molecular flexibility index (Phi) is 3.41. The molecule has 0 amide bonds. The van der Waals surface area contributed by atoms with Gasteiger partial charge in [0, 0.05) is 18.9 Å². The maximum atomic E-state index is 8.81. The zero-order valence-electron chi connectivity index (χ0n) is 8.31. The first kappa shape index (κ1) is 10.2. The van der Waals surface area contributed by atoms with Gasteiger partial charge < -0.3 is 5.32 Å². The van der Waals surface area contributed by atoms with Crippen LogP contribution in [0.25, 0.3) is 0 Å². The van der Waals surface area contributed by atoms with Crippen molar-refractivity contribution in [3.05, 3.63) is 18.1 Å². The molecule has 0 aliphatic carbocycles. The van der Waals surface area contributed by atoms with Crippen LogP contribution in [0.3, 0.4) is 0 Å². The van der Waals surface area contributed by atoms with Crippen LogP contribution < -0.4 is 5.32 Å². The molecule has 1 atom stereocenters. The summed E-state index contributed by atoms with van der Waals surface area (Å²) in [5.41, 5.74) is 0.378. The summed E-state index contributed by atoms with van der Waals surface area (Å²) in [5.74, 6) is 3.76. The first-order valence-corrected chi connectivity index (χ1v) is 6.08. The molecule has 78 valence electrons. The van der Waals surface area contributed by atoms with Crippen LogP contribution in [-0.4, -0.2) is 28.0 Å². The zero-order valence-corrected chi connectivity index (χ0v) is 9.13. The van der Waals surface area contributed by atoms with E-state index in [0.29, 0.717) is 17.4 Å². The van der Waals surface area contributed by atoms with Gasteiger partial charge in [-0.05, 0) is 23.8 Å². The Hall–Kier alpha value is -1.28. The van der Waals surface area contributed by atoms with Gasteiger partial charge in [0.2, 0.25) is 0 Å². The maximum absolute atomic E-state index is 8.81. The molecular formula is C10H12N4S. The van der Waals surface area contributed by atoms with Crippen LogP contribution in [-0.2, 0) is 0 Å². The number of nitriles is 1. The molecule has 1 unspecified atom stereocenters. The van der Waals surface area contributed by atoms with Crippen molar-refractivity contribution in [2.24, 2.45) is 5.92 Å². The highest BCUT2D eigenvalue weighted by atomic mass is 32.2. The van der Waals surface area contributed by atoms with Crippen molar-refractivity contribution in [1.29, 1.82) is 5.26 Å². The standard InChI is InChI=1S/C10H12N4S/c11-5-9-10(13-3-2-12-9)14-6-8-1-4-15-7-8/h2-3,8H,1,4,6-7H2,(H,13,14). The quantitative estimate of drug-likeness (QED) is 0.836. The number of aromatic nitrogens is 2. The fourth-order valence-corrected chi connectivity index (χ4v) is 2.82. The SMILES string of the molecule is N#Cc1nccnc1NCC1CCSC1. The third-order valence-corrected chi connectivity index (χ3v) is 3.62. The molecule has 1 N–H and O–H groups in total. The lowest BCUT2D eigenvalue weighted by Gasteiger charge is -2.10. The Morgan fingerprint density at radius 2 is 2.40 bits per heavy atom. The molecule has 1 aliphatic rings. The molecule has 1 aromatic heterocycles. The van der Waals surface area contributed by atoms with Crippen molar-refractivity contribution in [2.75, 3.05) is 23.4 Å². The maximum Gasteiger partial charge on any atom is 0.182 e. The van der Waals surface area contributed by atoms with E-state index in [4.69, 9.17) is 5.26 Å². The lowest BCUT2D eigenvalue weighted by molar-refractivity contribution is 0.630. The zero-order chi connectivity index (χ0) is 10.5. The van der Waals surface area contributed by atoms with Gasteiger partial charge in [0.05, 0.1) is 0 Å². The molecule has 5 heteroatoms. The van der Waals surface area contributed by atoms with Crippen LogP contribution in [0, 0.1) is 17.2 Å². The van der Waals surface area contributed by atoms with E-state index in [2.05, 4.69) is 15.3 Å². The second-order valence-corrected chi connectivity index (χ2v) is 4.63. The number of rotatable bonds is 3. The first-order valence-electron chi connectivity index (χ1n) is 4.93. The fraction of sp³-hybridized carbons (Fsp3) is 0.500. The van der Waals surface area contributed by atoms with E-state index in [1.165, 1.54) is 24.1 Å². The molecule has 0 bridgehead atoms. The third kappa shape index (κ3) is 2.60. The summed E-state index contributed by atoms with van der Waals surface area (Å²) in [6.07, 6.45) is 4.39. The average molecular weight is 220 g/mol. The van der Waals surface area contributed by atoms with E-state index in [1.807, 2.05) is 17.8 Å². The Morgan fingerprint density at radius 3 is 3.13 bits per heavy atom. The molecule has 1 fully saturated rings. The second-order valence-electron chi connectivity index (χ2n) is 3.48. The highest BCUT2D eigenvalue weighted by Gasteiger charge is 2.15. The fourth-order valence-electron chi connectivity index (χ4n) is 1.53. The van der Waals surface area contributed by atoms with Gasteiger partial charge in [-0.1, -0.05) is 0 Å². The molecule has 2 rings (SSSR count). The van der Waals surface area contributed by atoms with Crippen LogP contribution in [0.1, 0.15) is 12.1 Å². The summed E-state index contributed by atoms with van der Waals surface area (Å²) < 4.78 is 0. The van der Waals surface area contributed by atoms with Crippen LogP contribution in [0.2, 0.25) is 0 Å². The molecule has 2 heterocycles. The van der Waals surface area contributed by atoms with Crippen LogP contribution in [0.5, 0.6) is 0 Å². The number of hydrogen-bond donors (Lipinski definition) is 1. The second kappa shape index (κ2) is 4.99. The highest BCUT2D eigenvalue weighted by molar-refractivity contribution is 7.99. The predicted octanol–water partition coefficient (Wildman–Crippen LogP) is 1.51. The molecule has 1 aromatic rings. The Balaban J connectivity index is 1.95. The number of anilines is 1. The Bertz CT molecular complexity index is 368. The van der Waals surface area contributed by atoms with Crippen molar-refractivity contribution >= 4 is 17.6 Å². The summed E-state index contributed by atoms with van der Waals surface area (Å²) in [4.78, 5) is 8.06. The molecule has 0 saturated carbocycles. The van der Waals surface area contributed by atoms with Crippen molar-refractivity contribution in [2.45, 2.75) is 6.42 Å². The van der Waals surface area contributed by atoms with E-state index < -0.39 is 0 Å². The smallest absolute Gasteiger partial charge is 0.182 e. The van der Waals surface area contributed by atoms with Gasteiger partial charge in [-0.25, -0.2) is 9.97 Å². The van der Waals surface area contributed by atoms with Crippen molar-refractivity contribution < 1.29 is 0 Å². The first-order chi connectivity index (χ1) is 7.40. The van der Waals surface area contributed by atoms with Gasteiger partial charge in [-0.15, -0.1) is 0 Å². The number of hydrogen-bond acceptors (Lipinski definition) is 5. The lowest BCUT2D eigenvalue weighted by Crippen LogP contribution is -2.15. The monoisotopic (exact) mass is 220 g/mol. The van der Waals surface area contributed by atoms with Gasteiger partial charge >= 0.3 is 0 Å². The summed E-state index contributed by atoms with van der Waals surface area (Å²) in [6.45, 7) is 0.889. The van der Waals surface area contributed by atoms with E-state index in [9.17, 15) is 0 Å². The normalized spacial score (nSPS) is 19.8. The predicted molar refractivity (Wildman–Crippen MR) is 60.7 cm³/mol. The summed E-state index contributed by atoms with van der Waals surface area (Å²) in [7, 11) is 0. The average Bonchev–Trinajstić information content (AvgIpc) is 2.79. The molecular weight excluding hydrogens is 208 g/mol. The van der Waals surface area contributed by atoms with E-state index in [-0.39, 0.29) is 0 Å². The molecule has 15 heavy (non-hydrogen) atoms. The van der Waals surface area contributed by atoms with E-state index in [1.54, 1.807) is 6.20 Å². The minimum Gasteiger partial charge on any atom is -0.367 e. The molecule has 1 saturated heterocycles. The molecule has 0 radical (unpaired) electrons. The number of nitrogens with zero attached hydrogens (tertiary/aromatic N) is 3. The molecule has 0 spiro atoms. The topological polar surface area (TPSA) is 61.6 Å². The van der Waals surface area contributed by atoms with Crippen LogP contribution >= 0.6 is 11.8 Å². The minimum atomic E-state index is 0.378. The summed E-state index contributed by atoms with van der Waals surface area (Å²) in [6, 6.07) is 2.03. The van der Waals surface area contributed by atoms with Gasteiger partial charge in [0.25, 0.3) is 0 Å². The van der Waals surface area contributed by atoms with Gasteiger partial charge in [-0.3, -0.25) is 0 Å². The van der Waals surface area contributed by atoms with E-state index >= 15 is 0 Å².